The quantitative estimate of drug-likeness (QED) is 0.756. The summed E-state index contributed by atoms with van der Waals surface area (Å²) < 4.78 is 13.4. The van der Waals surface area contributed by atoms with Gasteiger partial charge in [0, 0.05) is 25.7 Å². The second-order valence-corrected chi connectivity index (χ2v) is 4.21. The molecule has 1 aliphatic heterocycles. The molecule has 3 heteroatoms. The number of piperazine rings is 1. The lowest BCUT2D eigenvalue weighted by molar-refractivity contribution is 0.202. The molecule has 1 fully saturated rings. The summed E-state index contributed by atoms with van der Waals surface area (Å²) >= 11 is 0. The summed E-state index contributed by atoms with van der Waals surface area (Å²) in [5.74, 6) is -0.105. The molecule has 0 saturated carbocycles. The third-order valence-electron chi connectivity index (χ3n) is 3.09. The van der Waals surface area contributed by atoms with Crippen molar-refractivity contribution in [3.8, 4) is 0 Å². The Hall–Kier alpha value is -0.930. The van der Waals surface area contributed by atoms with E-state index < -0.39 is 0 Å². The standard InChI is InChI=1S/C12H17FN2/c1-9-3-4-10(7-11(9)13)12-8-14-5-6-15(12)2/h3-4,7,12,14H,5-6,8H2,1-2H3. The van der Waals surface area contributed by atoms with Crippen molar-refractivity contribution in [2.45, 2.75) is 13.0 Å². The maximum atomic E-state index is 13.4. The SMILES string of the molecule is Cc1ccc(C2CNCCN2C)cc1F. The molecule has 1 N–H and O–H groups in total. The fourth-order valence-electron chi connectivity index (χ4n) is 1.99. The first-order chi connectivity index (χ1) is 7.18. The van der Waals surface area contributed by atoms with Gasteiger partial charge in [0.25, 0.3) is 0 Å². The highest BCUT2D eigenvalue weighted by Gasteiger charge is 2.20. The predicted octanol–water partition coefficient (Wildman–Crippen LogP) is 1.71. The first kappa shape index (κ1) is 10.6. The highest BCUT2D eigenvalue weighted by atomic mass is 19.1. The van der Waals surface area contributed by atoms with E-state index >= 15 is 0 Å². The number of hydrogen-bond donors (Lipinski definition) is 1. The molecule has 1 unspecified atom stereocenters. The van der Waals surface area contributed by atoms with Gasteiger partial charge in [-0.05, 0) is 31.2 Å². The Kier molecular flexibility index (Phi) is 3.03. The van der Waals surface area contributed by atoms with Gasteiger partial charge in [0.2, 0.25) is 0 Å². The van der Waals surface area contributed by atoms with Gasteiger partial charge in [-0.1, -0.05) is 12.1 Å². The van der Waals surface area contributed by atoms with Gasteiger partial charge in [-0.2, -0.15) is 0 Å². The second-order valence-electron chi connectivity index (χ2n) is 4.21. The monoisotopic (exact) mass is 208 g/mol. The van der Waals surface area contributed by atoms with E-state index in [1.54, 1.807) is 13.0 Å². The highest BCUT2D eigenvalue weighted by Crippen LogP contribution is 2.22. The van der Waals surface area contributed by atoms with Crippen molar-refractivity contribution in [1.82, 2.24) is 10.2 Å². The number of halogens is 1. The Balaban J connectivity index is 2.24. The van der Waals surface area contributed by atoms with Crippen molar-refractivity contribution in [2.24, 2.45) is 0 Å². The van der Waals surface area contributed by atoms with E-state index in [1.807, 2.05) is 12.1 Å². The Morgan fingerprint density at radius 1 is 1.47 bits per heavy atom. The van der Waals surface area contributed by atoms with Crippen molar-refractivity contribution in [3.05, 3.63) is 35.1 Å². The molecule has 0 aliphatic carbocycles. The van der Waals surface area contributed by atoms with Gasteiger partial charge in [-0.25, -0.2) is 4.39 Å². The molecule has 1 heterocycles. The average molecular weight is 208 g/mol. The maximum absolute atomic E-state index is 13.4. The van der Waals surface area contributed by atoms with Crippen LogP contribution in [0.4, 0.5) is 4.39 Å². The summed E-state index contributed by atoms with van der Waals surface area (Å²) in [6.45, 7) is 4.72. The zero-order valence-corrected chi connectivity index (χ0v) is 9.26. The van der Waals surface area contributed by atoms with Crippen LogP contribution in [0.25, 0.3) is 0 Å². The van der Waals surface area contributed by atoms with E-state index in [0.29, 0.717) is 11.6 Å². The first-order valence-corrected chi connectivity index (χ1v) is 5.35. The molecule has 0 aromatic heterocycles. The zero-order valence-electron chi connectivity index (χ0n) is 9.26. The van der Waals surface area contributed by atoms with E-state index in [4.69, 9.17) is 0 Å². The minimum absolute atomic E-state index is 0.105. The van der Waals surface area contributed by atoms with Crippen LogP contribution in [0.15, 0.2) is 18.2 Å². The van der Waals surface area contributed by atoms with Crippen LogP contribution in [0.5, 0.6) is 0 Å². The van der Waals surface area contributed by atoms with Crippen LogP contribution in [0.1, 0.15) is 17.2 Å². The van der Waals surface area contributed by atoms with Crippen LogP contribution in [0.3, 0.4) is 0 Å². The fraction of sp³-hybridized carbons (Fsp3) is 0.500. The van der Waals surface area contributed by atoms with Crippen LogP contribution >= 0.6 is 0 Å². The van der Waals surface area contributed by atoms with Gasteiger partial charge in [0.15, 0.2) is 0 Å². The summed E-state index contributed by atoms with van der Waals surface area (Å²) in [6, 6.07) is 5.83. The van der Waals surface area contributed by atoms with Crippen molar-refractivity contribution in [2.75, 3.05) is 26.7 Å². The van der Waals surface area contributed by atoms with Crippen molar-refractivity contribution in [3.63, 3.8) is 0 Å². The number of rotatable bonds is 1. The highest BCUT2D eigenvalue weighted by molar-refractivity contribution is 5.26. The smallest absolute Gasteiger partial charge is 0.126 e. The Morgan fingerprint density at radius 2 is 2.27 bits per heavy atom. The van der Waals surface area contributed by atoms with Crippen LogP contribution in [0, 0.1) is 12.7 Å². The van der Waals surface area contributed by atoms with E-state index in [9.17, 15) is 4.39 Å². The van der Waals surface area contributed by atoms with E-state index in [1.165, 1.54) is 0 Å². The number of nitrogens with zero attached hydrogens (tertiary/aromatic N) is 1. The molecule has 82 valence electrons. The zero-order chi connectivity index (χ0) is 10.8. The minimum atomic E-state index is -0.105. The third-order valence-corrected chi connectivity index (χ3v) is 3.09. The van der Waals surface area contributed by atoms with Gasteiger partial charge in [-0.15, -0.1) is 0 Å². The summed E-state index contributed by atoms with van der Waals surface area (Å²) in [4.78, 5) is 2.26. The number of nitrogens with one attached hydrogen (secondary N) is 1. The first-order valence-electron chi connectivity index (χ1n) is 5.35. The Labute approximate surface area is 90.1 Å². The average Bonchev–Trinajstić information content (AvgIpc) is 2.23. The summed E-state index contributed by atoms with van der Waals surface area (Å²) in [5, 5.41) is 3.33. The van der Waals surface area contributed by atoms with Crippen LogP contribution < -0.4 is 5.32 Å². The van der Waals surface area contributed by atoms with Crippen molar-refractivity contribution in [1.29, 1.82) is 0 Å². The van der Waals surface area contributed by atoms with Gasteiger partial charge in [-0.3, -0.25) is 4.90 Å². The molecule has 2 rings (SSSR count). The van der Waals surface area contributed by atoms with E-state index in [-0.39, 0.29) is 5.82 Å². The Bertz CT molecular complexity index is 351. The van der Waals surface area contributed by atoms with Crippen LogP contribution in [0.2, 0.25) is 0 Å². The van der Waals surface area contributed by atoms with Gasteiger partial charge < -0.3 is 5.32 Å². The maximum Gasteiger partial charge on any atom is 0.126 e. The molecule has 2 nitrogen and oxygen atoms in total. The molecule has 0 amide bonds. The van der Waals surface area contributed by atoms with Crippen molar-refractivity contribution < 1.29 is 4.39 Å². The van der Waals surface area contributed by atoms with E-state index in [2.05, 4.69) is 17.3 Å². The second kappa shape index (κ2) is 4.29. The van der Waals surface area contributed by atoms with Crippen LogP contribution in [-0.2, 0) is 0 Å². The lowest BCUT2D eigenvalue weighted by atomic mass is 10.0. The molecule has 1 aliphatic rings. The largest absolute Gasteiger partial charge is 0.314 e. The number of likely N-dealkylation sites (N-methyl/N-ethyl adjacent to an activating group) is 1. The van der Waals surface area contributed by atoms with Gasteiger partial charge >= 0.3 is 0 Å². The molecule has 1 atom stereocenters. The molecular weight excluding hydrogens is 191 g/mol. The molecule has 0 radical (unpaired) electrons. The molecule has 0 bridgehead atoms. The molecular formula is C12H17FN2. The normalized spacial score (nSPS) is 23.0. The summed E-state index contributed by atoms with van der Waals surface area (Å²) in [5.41, 5.74) is 1.78. The summed E-state index contributed by atoms with van der Waals surface area (Å²) in [7, 11) is 2.09. The predicted molar refractivity (Wildman–Crippen MR) is 59.4 cm³/mol. The van der Waals surface area contributed by atoms with Gasteiger partial charge in [0.05, 0.1) is 0 Å². The fourth-order valence-corrected chi connectivity index (χ4v) is 1.99. The number of aryl methyl sites for hydroxylation is 1. The molecule has 0 spiro atoms. The lowest BCUT2D eigenvalue weighted by Gasteiger charge is -2.33. The van der Waals surface area contributed by atoms with Crippen LogP contribution in [-0.4, -0.2) is 31.6 Å². The van der Waals surface area contributed by atoms with Gasteiger partial charge in [0.1, 0.15) is 5.82 Å². The molecule has 1 aromatic rings. The topological polar surface area (TPSA) is 15.3 Å². The molecule has 15 heavy (non-hydrogen) atoms. The number of hydrogen-bond acceptors (Lipinski definition) is 2. The van der Waals surface area contributed by atoms with Crippen molar-refractivity contribution >= 4 is 0 Å². The lowest BCUT2D eigenvalue weighted by Crippen LogP contribution is -2.43. The minimum Gasteiger partial charge on any atom is -0.314 e. The number of benzene rings is 1. The Morgan fingerprint density at radius 3 is 2.93 bits per heavy atom. The molecule has 1 aromatic carbocycles. The van der Waals surface area contributed by atoms with E-state index in [0.717, 1.165) is 25.2 Å². The third kappa shape index (κ3) is 2.19. The summed E-state index contributed by atoms with van der Waals surface area (Å²) in [6.07, 6.45) is 0. The molecule has 1 saturated heterocycles.